The molecule has 1 aliphatic rings. The Hall–Kier alpha value is -2.08. The van der Waals surface area contributed by atoms with E-state index in [0.29, 0.717) is 5.82 Å². The van der Waals surface area contributed by atoms with Crippen LogP contribution in [0.5, 0.6) is 0 Å². The fourth-order valence-corrected chi connectivity index (χ4v) is 2.15. The summed E-state index contributed by atoms with van der Waals surface area (Å²) in [6.45, 7) is 8.79. The summed E-state index contributed by atoms with van der Waals surface area (Å²) in [5.74, 6) is 0.537. The lowest BCUT2D eigenvalue weighted by molar-refractivity contribution is 0.122. The van der Waals surface area contributed by atoms with Crippen LogP contribution in [-0.2, 0) is 4.74 Å². The van der Waals surface area contributed by atoms with E-state index in [2.05, 4.69) is 27.1 Å². The van der Waals surface area contributed by atoms with Crippen molar-refractivity contribution in [2.24, 2.45) is 0 Å². The monoisotopic (exact) mass is 290 g/mol. The van der Waals surface area contributed by atoms with Crippen LogP contribution in [0.25, 0.3) is 0 Å². The van der Waals surface area contributed by atoms with Crippen molar-refractivity contribution in [2.45, 2.75) is 19.4 Å². The third kappa shape index (κ3) is 4.75. The first kappa shape index (κ1) is 15.3. The number of amides is 2. The minimum atomic E-state index is -0.254. The van der Waals surface area contributed by atoms with E-state index < -0.39 is 0 Å². The van der Waals surface area contributed by atoms with Crippen LogP contribution in [0.4, 0.5) is 16.3 Å². The molecule has 0 bridgehead atoms. The van der Waals surface area contributed by atoms with Gasteiger partial charge < -0.3 is 15.0 Å². The molecule has 0 spiro atoms. The molecule has 1 aromatic rings. The highest BCUT2D eigenvalue weighted by atomic mass is 16.5. The molecule has 0 unspecified atom stereocenters. The second-order valence-electron chi connectivity index (χ2n) is 5.02. The number of nitrogens with one attached hydrogen (secondary N) is 2. The summed E-state index contributed by atoms with van der Waals surface area (Å²) < 4.78 is 5.32. The van der Waals surface area contributed by atoms with E-state index in [9.17, 15) is 4.79 Å². The normalized spacial score (nSPS) is 16.1. The molecule has 2 N–H and O–H groups in total. The third-order valence-electron chi connectivity index (χ3n) is 3.26. The Morgan fingerprint density at radius 2 is 2.29 bits per heavy atom. The van der Waals surface area contributed by atoms with Gasteiger partial charge in [-0.05, 0) is 25.5 Å². The highest BCUT2D eigenvalue weighted by Gasteiger charge is 2.12. The molecule has 1 saturated heterocycles. The van der Waals surface area contributed by atoms with Gasteiger partial charge in [-0.15, -0.1) is 6.58 Å². The van der Waals surface area contributed by atoms with Crippen molar-refractivity contribution in [3.05, 3.63) is 31.0 Å². The summed E-state index contributed by atoms with van der Waals surface area (Å²) in [6.07, 6.45) is 4.28. The van der Waals surface area contributed by atoms with Crippen LogP contribution in [0.15, 0.2) is 31.0 Å². The standard InChI is InChI=1S/C15H22N4O2/c1-3-4-12(2)17-15(20)18-14-6-5-13(11-16-14)19-7-9-21-10-8-19/h3,5-6,11-12H,1,4,7-10H2,2H3,(H2,16,17,18,20)/t12-/m0/s1. The predicted octanol–water partition coefficient (Wildman–Crippen LogP) is 2.00. The van der Waals surface area contributed by atoms with Crippen LogP contribution in [0.2, 0.25) is 0 Å². The maximum Gasteiger partial charge on any atom is 0.320 e. The molecule has 0 aliphatic carbocycles. The van der Waals surface area contributed by atoms with Gasteiger partial charge in [-0.2, -0.15) is 0 Å². The van der Waals surface area contributed by atoms with E-state index in [1.54, 1.807) is 12.3 Å². The van der Waals surface area contributed by atoms with Crippen molar-refractivity contribution in [1.29, 1.82) is 0 Å². The maximum atomic E-state index is 11.8. The summed E-state index contributed by atoms with van der Waals surface area (Å²) in [5, 5.41) is 5.54. The van der Waals surface area contributed by atoms with Crippen LogP contribution >= 0.6 is 0 Å². The molecule has 21 heavy (non-hydrogen) atoms. The van der Waals surface area contributed by atoms with Gasteiger partial charge in [0, 0.05) is 19.1 Å². The highest BCUT2D eigenvalue weighted by molar-refractivity contribution is 5.88. The highest BCUT2D eigenvalue weighted by Crippen LogP contribution is 2.16. The first-order chi connectivity index (χ1) is 10.2. The molecule has 1 fully saturated rings. The minimum absolute atomic E-state index is 0.0510. The van der Waals surface area contributed by atoms with E-state index in [1.807, 2.05) is 19.1 Å². The number of anilines is 2. The molecule has 2 rings (SSSR count). The molecule has 6 nitrogen and oxygen atoms in total. The predicted molar refractivity (Wildman–Crippen MR) is 83.7 cm³/mol. The first-order valence-electron chi connectivity index (χ1n) is 7.16. The summed E-state index contributed by atoms with van der Waals surface area (Å²) >= 11 is 0. The van der Waals surface area contributed by atoms with Crippen LogP contribution in [0.1, 0.15) is 13.3 Å². The zero-order valence-electron chi connectivity index (χ0n) is 12.3. The zero-order chi connectivity index (χ0) is 15.1. The fourth-order valence-electron chi connectivity index (χ4n) is 2.15. The number of hydrogen-bond acceptors (Lipinski definition) is 4. The second kappa shape index (κ2) is 7.64. The molecular weight excluding hydrogens is 268 g/mol. The second-order valence-corrected chi connectivity index (χ2v) is 5.02. The molecule has 2 heterocycles. The summed E-state index contributed by atoms with van der Waals surface area (Å²) in [4.78, 5) is 18.2. The van der Waals surface area contributed by atoms with Crippen LogP contribution in [-0.4, -0.2) is 43.4 Å². The molecule has 114 valence electrons. The molecule has 1 aliphatic heterocycles. The van der Waals surface area contributed by atoms with E-state index in [-0.39, 0.29) is 12.1 Å². The van der Waals surface area contributed by atoms with Crippen molar-refractivity contribution in [2.75, 3.05) is 36.5 Å². The van der Waals surface area contributed by atoms with Gasteiger partial charge in [0.25, 0.3) is 0 Å². The summed E-state index contributed by atoms with van der Waals surface area (Å²) in [6, 6.07) is 3.56. The van der Waals surface area contributed by atoms with Crippen molar-refractivity contribution in [1.82, 2.24) is 10.3 Å². The maximum absolute atomic E-state index is 11.8. The van der Waals surface area contributed by atoms with Crippen molar-refractivity contribution in [3.63, 3.8) is 0 Å². The number of carbonyl (C=O) groups is 1. The molecular formula is C15H22N4O2. The lowest BCUT2D eigenvalue weighted by Crippen LogP contribution is -2.36. The quantitative estimate of drug-likeness (QED) is 0.814. The zero-order valence-corrected chi connectivity index (χ0v) is 12.3. The van der Waals surface area contributed by atoms with Crippen LogP contribution in [0.3, 0.4) is 0 Å². The van der Waals surface area contributed by atoms with Gasteiger partial charge in [0.2, 0.25) is 0 Å². The molecule has 6 heteroatoms. The SMILES string of the molecule is C=CC[C@H](C)NC(=O)Nc1ccc(N2CCOCC2)cn1. The van der Waals surface area contributed by atoms with Gasteiger partial charge >= 0.3 is 6.03 Å². The minimum Gasteiger partial charge on any atom is -0.378 e. The molecule has 1 aromatic heterocycles. The van der Waals surface area contributed by atoms with Crippen molar-refractivity contribution < 1.29 is 9.53 Å². The van der Waals surface area contributed by atoms with E-state index in [0.717, 1.165) is 38.4 Å². The fraction of sp³-hybridized carbons (Fsp3) is 0.467. The van der Waals surface area contributed by atoms with Crippen molar-refractivity contribution in [3.8, 4) is 0 Å². The largest absolute Gasteiger partial charge is 0.378 e. The number of morpholine rings is 1. The number of hydrogen-bond donors (Lipinski definition) is 2. The van der Waals surface area contributed by atoms with Gasteiger partial charge in [-0.3, -0.25) is 5.32 Å². The van der Waals surface area contributed by atoms with Gasteiger partial charge in [0.05, 0.1) is 25.1 Å². The van der Waals surface area contributed by atoms with Gasteiger partial charge in [0.15, 0.2) is 0 Å². The van der Waals surface area contributed by atoms with E-state index in [4.69, 9.17) is 4.74 Å². The summed E-state index contributed by atoms with van der Waals surface area (Å²) in [7, 11) is 0. The topological polar surface area (TPSA) is 66.5 Å². The molecule has 1 atom stereocenters. The average Bonchev–Trinajstić information content (AvgIpc) is 2.49. The van der Waals surface area contributed by atoms with Gasteiger partial charge in [-0.1, -0.05) is 6.08 Å². The molecule has 0 saturated carbocycles. The number of urea groups is 1. The van der Waals surface area contributed by atoms with Gasteiger partial charge in [0.1, 0.15) is 5.82 Å². The lowest BCUT2D eigenvalue weighted by Gasteiger charge is -2.28. The Balaban J connectivity index is 1.86. The van der Waals surface area contributed by atoms with Gasteiger partial charge in [-0.25, -0.2) is 9.78 Å². The molecule has 0 radical (unpaired) electrons. The number of aromatic nitrogens is 1. The number of ether oxygens (including phenoxy) is 1. The average molecular weight is 290 g/mol. The Labute approximate surface area is 125 Å². The number of nitrogens with zero attached hydrogens (tertiary/aromatic N) is 2. The lowest BCUT2D eigenvalue weighted by atomic mass is 10.2. The van der Waals surface area contributed by atoms with Crippen LogP contribution < -0.4 is 15.5 Å². The number of pyridine rings is 1. The van der Waals surface area contributed by atoms with Crippen LogP contribution in [0, 0.1) is 0 Å². The van der Waals surface area contributed by atoms with E-state index >= 15 is 0 Å². The molecule has 2 amide bonds. The Bertz CT molecular complexity index is 469. The van der Waals surface area contributed by atoms with E-state index in [1.165, 1.54) is 0 Å². The third-order valence-corrected chi connectivity index (χ3v) is 3.26. The smallest absolute Gasteiger partial charge is 0.320 e. The Kier molecular flexibility index (Phi) is 5.57. The first-order valence-corrected chi connectivity index (χ1v) is 7.16. The number of rotatable bonds is 5. The summed E-state index contributed by atoms with van der Waals surface area (Å²) in [5.41, 5.74) is 1.05. The molecule has 0 aromatic carbocycles. The Morgan fingerprint density at radius 1 is 1.52 bits per heavy atom. The number of carbonyl (C=O) groups excluding carboxylic acids is 1. The van der Waals surface area contributed by atoms with Crippen molar-refractivity contribution >= 4 is 17.5 Å². The Morgan fingerprint density at radius 3 is 2.90 bits per heavy atom.